The highest BCUT2D eigenvalue weighted by atomic mass is 16.7. The van der Waals surface area contributed by atoms with E-state index < -0.39 is 29.8 Å². The molecule has 2 atom stereocenters. The van der Waals surface area contributed by atoms with Crippen LogP contribution < -0.4 is 5.32 Å². The van der Waals surface area contributed by atoms with Gasteiger partial charge in [-0.1, -0.05) is 18.2 Å². The van der Waals surface area contributed by atoms with Crippen molar-refractivity contribution >= 4 is 22.6 Å². The van der Waals surface area contributed by atoms with E-state index in [2.05, 4.69) is 10.3 Å². The molecule has 1 amide bonds. The average Bonchev–Trinajstić information content (AvgIpc) is 3.44. The molecule has 2 N–H and O–H groups in total. The summed E-state index contributed by atoms with van der Waals surface area (Å²) < 4.78 is 16.2. The number of aromatic hydroxyl groups is 1. The number of methoxy groups -OCH3 is 2. The van der Waals surface area contributed by atoms with Crippen molar-refractivity contribution in [3.63, 3.8) is 0 Å². The minimum absolute atomic E-state index is 0.0306. The molecule has 2 unspecified atom stereocenters. The number of para-hydroxylation sites is 1. The number of nitrogens with zero attached hydrogens (tertiary/aromatic N) is 1. The second-order valence-corrected chi connectivity index (χ2v) is 6.02. The summed E-state index contributed by atoms with van der Waals surface area (Å²) in [6.07, 6.45) is -0.0372. The summed E-state index contributed by atoms with van der Waals surface area (Å²) in [6.45, 7) is 0. The van der Waals surface area contributed by atoms with Gasteiger partial charge in [0.15, 0.2) is 18.0 Å². The van der Waals surface area contributed by atoms with Gasteiger partial charge in [0.2, 0.25) is 11.7 Å². The highest BCUT2D eigenvalue weighted by molar-refractivity contribution is 6.03. The first kappa shape index (κ1) is 16.6. The van der Waals surface area contributed by atoms with Crippen LogP contribution in [-0.2, 0) is 19.0 Å². The monoisotopic (exact) mass is 356 g/mol. The Labute approximate surface area is 148 Å². The van der Waals surface area contributed by atoms with E-state index in [4.69, 9.17) is 14.2 Å². The molecule has 2 heterocycles. The fourth-order valence-corrected chi connectivity index (χ4v) is 3.22. The maximum Gasteiger partial charge on any atom is 0.261 e. The molecule has 1 aromatic heterocycles. The van der Waals surface area contributed by atoms with E-state index in [1.54, 1.807) is 24.3 Å². The number of nitrogens with one attached hydrogen (secondary N) is 1. The molecule has 8 heteroatoms. The molecule has 1 aromatic carbocycles. The van der Waals surface area contributed by atoms with E-state index in [9.17, 15) is 14.7 Å². The Morgan fingerprint density at radius 3 is 2.77 bits per heavy atom. The minimum Gasteiger partial charge on any atom is -0.493 e. The van der Waals surface area contributed by atoms with Crippen LogP contribution in [0.1, 0.15) is 10.4 Å². The average molecular weight is 356 g/mol. The van der Waals surface area contributed by atoms with Crippen molar-refractivity contribution < 1.29 is 28.9 Å². The number of aromatic nitrogens is 1. The first-order valence-electron chi connectivity index (χ1n) is 7.92. The number of pyridine rings is 1. The fourth-order valence-electron chi connectivity index (χ4n) is 3.22. The molecule has 1 aliphatic heterocycles. The zero-order valence-electron chi connectivity index (χ0n) is 14.1. The van der Waals surface area contributed by atoms with E-state index in [0.717, 1.165) is 0 Å². The van der Waals surface area contributed by atoms with Gasteiger partial charge in [-0.3, -0.25) is 9.59 Å². The van der Waals surface area contributed by atoms with Gasteiger partial charge in [-0.2, -0.15) is 0 Å². The Kier molecular flexibility index (Phi) is 3.76. The number of carbonyl (C=O) groups excluding carboxylic acids is 2. The fraction of sp³-hybridized carbons (Fsp3) is 0.278. The van der Waals surface area contributed by atoms with Crippen molar-refractivity contribution in [1.82, 2.24) is 10.3 Å². The predicted molar refractivity (Wildman–Crippen MR) is 89.4 cm³/mol. The molecule has 2 aromatic rings. The second kappa shape index (κ2) is 5.87. The van der Waals surface area contributed by atoms with Gasteiger partial charge in [0.1, 0.15) is 5.56 Å². The van der Waals surface area contributed by atoms with Crippen molar-refractivity contribution in [3.05, 3.63) is 47.7 Å². The molecule has 4 rings (SSSR count). The van der Waals surface area contributed by atoms with E-state index in [1.165, 1.54) is 26.4 Å². The van der Waals surface area contributed by atoms with Crippen molar-refractivity contribution in [1.29, 1.82) is 0 Å². The third kappa shape index (κ3) is 2.38. The van der Waals surface area contributed by atoms with Crippen LogP contribution in [0.25, 0.3) is 10.9 Å². The Hall–Kier alpha value is -2.81. The van der Waals surface area contributed by atoms with Gasteiger partial charge >= 0.3 is 0 Å². The van der Waals surface area contributed by atoms with Crippen molar-refractivity contribution in [3.8, 4) is 5.88 Å². The predicted octanol–water partition coefficient (Wildman–Crippen LogP) is 0.893. The lowest BCUT2D eigenvalue weighted by Crippen LogP contribution is -2.51. The van der Waals surface area contributed by atoms with Crippen molar-refractivity contribution in [2.75, 3.05) is 14.2 Å². The normalized spacial score (nSPS) is 23.3. The Morgan fingerprint density at radius 2 is 2.04 bits per heavy atom. The zero-order chi connectivity index (χ0) is 18.5. The van der Waals surface area contributed by atoms with Crippen LogP contribution in [0.2, 0.25) is 0 Å². The molecule has 26 heavy (non-hydrogen) atoms. The van der Waals surface area contributed by atoms with E-state index >= 15 is 0 Å². The van der Waals surface area contributed by atoms with Crippen LogP contribution in [-0.4, -0.2) is 54.0 Å². The first-order chi connectivity index (χ1) is 12.5. The molecule has 0 radical (unpaired) electrons. The third-order valence-electron chi connectivity index (χ3n) is 4.61. The van der Waals surface area contributed by atoms with Gasteiger partial charge in [-0.05, 0) is 12.1 Å². The molecule has 8 nitrogen and oxygen atoms in total. The van der Waals surface area contributed by atoms with E-state index in [-0.39, 0.29) is 17.0 Å². The number of epoxide rings is 1. The van der Waals surface area contributed by atoms with Crippen LogP contribution >= 0.6 is 0 Å². The molecule has 0 saturated carbocycles. The Balaban J connectivity index is 1.69. The lowest BCUT2D eigenvalue weighted by molar-refractivity contribution is -0.194. The molecule has 2 aliphatic rings. The van der Waals surface area contributed by atoms with Gasteiger partial charge < -0.3 is 24.6 Å². The molecular weight excluding hydrogens is 340 g/mol. The quantitative estimate of drug-likeness (QED) is 0.618. The molecular formula is C18H16N2O6. The Bertz CT molecular complexity index is 950. The highest BCUT2D eigenvalue weighted by Gasteiger charge is 2.64. The molecule has 1 fully saturated rings. The number of ether oxygens (including phenoxy) is 3. The molecule has 1 saturated heterocycles. The Morgan fingerprint density at radius 1 is 1.31 bits per heavy atom. The maximum atomic E-state index is 12.7. The smallest absolute Gasteiger partial charge is 0.261 e. The lowest BCUT2D eigenvalue weighted by Gasteiger charge is -2.33. The molecule has 0 spiro atoms. The number of benzene rings is 1. The number of hydrogen-bond donors (Lipinski definition) is 2. The van der Waals surface area contributed by atoms with Crippen LogP contribution in [0.5, 0.6) is 5.88 Å². The van der Waals surface area contributed by atoms with Crippen LogP contribution in [0.4, 0.5) is 0 Å². The topological polar surface area (TPSA) is 110 Å². The van der Waals surface area contributed by atoms with Gasteiger partial charge in [0, 0.05) is 25.7 Å². The number of ketones is 1. The molecule has 0 bridgehead atoms. The molecule has 134 valence electrons. The van der Waals surface area contributed by atoms with Gasteiger partial charge in [-0.25, -0.2) is 4.98 Å². The highest BCUT2D eigenvalue weighted by Crippen LogP contribution is 2.43. The van der Waals surface area contributed by atoms with Gasteiger partial charge in [-0.15, -0.1) is 0 Å². The minimum atomic E-state index is -1.39. The summed E-state index contributed by atoms with van der Waals surface area (Å²) in [6, 6.07) is 8.61. The standard InChI is InChI=1S/C18H16N2O6/c1-24-18(25-2)13(8-12(21)14-15(18)26-14)20-17(23)10-7-9-5-3-4-6-11(9)19-16(10)22/h3-8,14-15H,1-2H3,(H,19,22)(H,20,23). The molecule has 1 aliphatic carbocycles. The number of hydrogen-bond acceptors (Lipinski definition) is 7. The number of rotatable bonds is 4. The summed E-state index contributed by atoms with van der Waals surface area (Å²) in [4.78, 5) is 28.7. The summed E-state index contributed by atoms with van der Waals surface area (Å²) in [5, 5.41) is 13.4. The third-order valence-corrected chi connectivity index (χ3v) is 4.61. The van der Waals surface area contributed by atoms with Crippen molar-refractivity contribution in [2.45, 2.75) is 18.0 Å². The summed E-state index contributed by atoms with van der Waals surface area (Å²) in [5.74, 6) is -2.73. The maximum absolute atomic E-state index is 12.7. The van der Waals surface area contributed by atoms with Crippen LogP contribution in [0, 0.1) is 0 Å². The largest absolute Gasteiger partial charge is 0.493 e. The van der Waals surface area contributed by atoms with Crippen LogP contribution in [0.15, 0.2) is 42.1 Å². The summed E-state index contributed by atoms with van der Waals surface area (Å²) >= 11 is 0. The van der Waals surface area contributed by atoms with Crippen LogP contribution in [0.3, 0.4) is 0 Å². The zero-order valence-corrected chi connectivity index (χ0v) is 14.1. The first-order valence-corrected chi connectivity index (χ1v) is 7.92. The van der Waals surface area contributed by atoms with Gasteiger partial charge in [0.05, 0.1) is 11.2 Å². The second-order valence-electron chi connectivity index (χ2n) is 6.02. The lowest BCUT2D eigenvalue weighted by atomic mass is 9.96. The van der Waals surface area contributed by atoms with Crippen molar-refractivity contribution in [2.24, 2.45) is 0 Å². The summed E-state index contributed by atoms with van der Waals surface area (Å²) in [7, 11) is 2.79. The number of carbonyl (C=O) groups is 2. The van der Waals surface area contributed by atoms with E-state index in [1.807, 2.05) is 0 Å². The number of fused-ring (bicyclic) bond motifs is 2. The SMILES string of the molecule is COC1(OC)C(NC(=O)c2cc3ccccc3nc2O)=CC(=O)C2OC21. The van der Waals surface area contributed by atoms with Gasteiger partial charge in [0.25, 0.3) is 5.91 Å². The van der Waals surface area contributed by atoms with E-state index in [0.29, 0.717) is 10.9 Å². The summed E-state index contributed by atoms with van der Waals surface area (Å²) in [5.41, 5.74) is 0.645. The number of amides is 1.